The first-order valence-corrected chi connectivity index (χ1v) is 10.5. The average Bonchev–Trinajstić information content (AvgIpc) is 3.17. The monoisotopic (exact) mass is 394 g/mol. The van der Waals surface area contributed by atoms with Crippen molar-refractivity contribution in [2.75, 3.05) is 5.32 Å². The Kier molecular flexibility index (Phi) is 6.73. The smallest absolute Gasteiger partial charge is 0.280 e. The van der Waals surface area contributed by atoms with Crippen LogP contribution in [0.3, 0.4) is 0 Å². The second-order valence-corrected chi connectivity index (χ2v) is 8.35. The molecule has 2 aromatic rings. The van der Waals surface area contributed by atoms with Gasteiger partial charge in [-0.1, -0.05) is 37.1 Å². The third-order valence-corrected chi connectivity index (χ3v) is 5.45. The predicted octanol–water partition coefficient (Wildman–Crippen LogP) is 6.16. The molecule has 3 rings (SSSR count). The van der Waals surface area contributed by atoms with Gasteiger partial charge in [0.1, 0.15) is 0 Å². The maximum absolute atomic E-state index is 14.5. The third-order valence-electron chi connectivity index (χ3n) is 5.45. The van der Waals surface area contributed by atoms with Gasteiger partial charge in [-0.3, -0.25) is 4.79 Å². The van der Waals surface area contributed by atoms with Crippen molar-refractivity contribution in [3.63, 3.8) is 0 Å². The molecule has 3 nitrogen and oxygen atoms in total. The number of carbonyl (C=O) groups excluding carboxylic acids is 1. The topological polar surface area (TPSA) is 41.1 Å². The van der Waals surface area contributed by atoms with Crippen molar-refractivity contribution >= 4 is 17.7 Å². The first-order chi connectivity index (χ1) is 13.8. The van der Waals surface area contributed by atoms with Gasteiger partial charge in [0, 0.05) is 17.8 Å². The van der Waals surface area contributed by atoms with E-state index in [0.29, 0.717) is 6.04 Å². The third kappa shape index (κ3) is 5.47. The Hall–Kier alpha value is -2.62. The molecule has 1 aliphatic carbocycles. The number of rotatable bonds is 6. The van der Waals surface area contributed by atoms with E-state index in [1.54, 1.807) is 0 Å². The summed E-state index contributed by atoms with van der Waals surface area (Å²) in [6.45, 7) is 8.19. The van der Waals surface area contributed by atoms with Gasteiger partial charge in [-0.15, -0.1) is 0 Å². The molecule has 0 heterocycles. The van der Waals surface area contributed by atoms with Gasteiger partial charge in [0.25, 0.3) is 5.91 Å². The summed E-state index contributed by atoms with van der Waals surface area (Å²) in [5.41, 5.74) is 6.06. The zero-order valence-corrected chi connectivity index (χ0v) is 17.8. The number of aryl methyl sites for hydroxylation is 2. The summed E-state index contributed by atoms with van der Waals surface area (Å²) in [6.07, 6.45) is 5.44. The summed E-state index contributed by atoms with van der Waals surface area (Å²) in [6, 6.07) is 12.9. The van der Waals surface area contributed by atoms with Gasteiger partial charge in [0.2, 0.25) is 0 Å². The molecule has 0 saturated heterocycles. The van der Waals surface area contributed by atoms with Gasteiger partial charge < -0.3 is 10.6 Å². The fourth-order valence-corrected chi connectivity index (χ4v) is 3.91. The molecule has 0 aromatic heterocycles. The molecule has 0 aliphatic heterocycles. The lowest BCUT2D eigenvalue weighted by molar-refractivity contribution is -0.119. The molecule has 0 bridgehead atoms. The Morgan fingerprint density at radius 1 is 1.07 bits per heavy atom. The summed E-state index contributed by atoms with van der Waals surface area (Å²) in [5, 5.41) is 6.19. The number of anilines is 1. The lowest BCUT2D eigenvalue weighted by Crippen LogP contribution is -2.32. The number of carbonyl (C=O) groups is 1. The first-order valence-electron chi connectivity index (χ1n) is 10.5. The minimum absolute atomic E-state index is 0.111. The summed E-state index contributed by atoms with van der Waals surface area (Å²) < 4.78 is 14.5. The van der Waals surface area contributed by atoms with Crippen molar-refractivity contribution < 1.29 is 9.18 Å². The van der Waals surface area contributed by atoms with E-state index >= 15 is 0 Å². The summed E-state index contributed by atoms with van der Waals surface area (Å²) in [5.74, 6) is -1.33. The summed E-state index contributed by atoms with van der Waals surface area (Å²) >= 11 is 0. The second kappa shape index (κ2) is 9.25. The lowest BCUT2D eigenvalue weighted by Gasteiger charge is -2.14. The molecule has 0 spiro atoms. The van der Waals surface area contributed by atoms with E-state index in [2.05, 4.69) is 54.8 Å². The van der Waals surface area contributed by atoms with Gasteiger partial charge in [0.05, 0.1) is 0 Å². The molecule has 0 atom stereocenters. The van der Waals surface area contributed by atoms with E-state index in [1.165, 1.54) is 6.08 Å². The van der Waals surface area contributed by atoms with Gasteiger partial charge in [0.15, 0.2) is 5.83 Å². The quantitative estimate of drug-likeness (QED) is 0.576. The van der Waals surface area contributed by atoms with Crippen LogP contribution in [0.4, 0.5) is 10.1 Å². The number of hydrogen-bond donors (Lipinski definition) is 2. The van der Waals surface area contributed by atoms with Crippen LogP contribution in [0, 0.1) is 13.8 Å². The fourth-order valence-electron chi connectivity index (χ4n) is 3.91. The number of benzene rings is 2. The van der Waals surface area contributed by atoms with Crippen molar-refractivity contribution in [2.45, 2.75) is 65.5 Å². The van der Waals surface area contributed by atoms with Crippen LogP contribution < -0.4 is 10.6 Å². The molecule has 4 heteroatoms. The van der Waals surface area contributed by atoms with Gasteiger partial charge in [-0.25, -0.2) is 4.39 Å². The van der Waals surface area contributed by atoms with Crippen molar-refractivity contribution in [1.29, 1.82) is 0 Å². The normalized spacial score (nSPS) is 15.0. The number of amides is 1. The van der Waals surface area contributed by atoms with Crippen LogP contribution in [0.5, 0.6) is 0 Å². The van der Waals surface area contributed by atoms with Crippen LogP contribution in [0.2, 0.25) is 0 Å². The van der Waals surface area contributed by atoms with E-state index in [4.69, 9.17) is 0 Å². The van der Waals surface area contributed by atoms with E-state index < -0.39 is 11.7 Å². The number of hydrogen-bond acceptors (Lipinski definition) is 2. The molecule has 2 aromatic carbocycles. The SMILES string of the molecule is Cc1cc(-c2ccc(NC(C)C)cc2)c(C)cc1C=C(F)C(=O)NC1CCCC1. The van der Waals surface area contributed by atoms with Crippen LogP contribution >= 0.6 is 0 Å². The van der Waals surface area contributed by atoms with Crippen molar-refractivity contribution in [3.8, 4) is 11.1 Å². The highest BCUT2D eigenvalue weighted by atomic mass is 19.1. The van der Waals surface area contributed by atoms with Gasteiger partial charge >= 0.3 is 0 Å². The molecular formula is C25H31FN2O. The van der Waals surface area contributed by atoms with Crippen molar-refractivity contribution in [1.82, 2.24) is 5.32 Å². The average molecular weight is 395 g/mol. The van der Waals surface area contributed by atoms with E-state index in [0.717, 1.165) is 59.2 Å². The zero-order valence-electron chi connectivity index (χ0n) is 17.8. The molecule has 1 fully saturated rings. The molecular weight excluding hydrogens is 363 g/mol. The maximum Gasteiger partial charge on any atom is 0.280 e. The van der Waals surface area contributed by atoms with Gasteiger partial charge in [-0.05, 0) is 86.6 Å². The molecule has 1 aliphatic rings. The van der Waals surface area contributed by atoms with Crippen molar-refractivity contribution in [3.05, 3.63) is 58.9 Å². The number of nitrogens with one attached hydrogen (secondary N) is 2. The molecule has 0 radical (unpaired) electrons. The van der Waals surface area contributed by atoms with E-state index in [-0.39, 0.29) is 6.04 Å². The van der Waals surface area contributed by atoms with Crippen LogP contribution in [-0.2, 0) is 4.79 Å². The Labute approximate surface area is 173 Å². The highest BCUT2D eigenvalue weighted by molar-refractivity contribution is 5.96. The summed E-state index contributed by atoms with van der Waals surface area (Å²) in [7, 11) is 0. The highest BCUT2D eigenvalue weighted by Gasteiger charge is 2.19. The summed E-state index contributed by atoms with van der Waals surface area (Å²) in [4.78, 5) is 12.1. The first kappa shape index (κ1) is 21.1. The largest absolute Gasteiger partial charge is 0.383 e. The fraction of sp³-hybridized carbons (Fsp3) is 0.400. The number of halogens is 1. The minimum atomic E-state index is -0.726. The molecule has 2 N–H and O–H groups in total. The molecule has 154 valence electrons. The van der Waals surface area contributed by atoms with Crippen LogP contribution in [0.1, 0.15) is 56.2 Å². The minimum Gasteiger partial charge on any atom is -0.383 e. The maximum atomic E-state index is 14.5. The zero-order chi connectivity index (χ0) is 21.0. The van der Waals surface area contributed by atoms with Crippen LogP contribution in [0.25, 0.3) is 17.2 Å². The van der Waals surface area contributed by atoms with Gasteiger partial charge in [-0.2, -0.15) is 0 Å². The molecule has 1 amide bonds. The molecule has 0 unspecified atom stereocenters. The Bertz CT molecular complexity index is 894. The predicted molar refractivity (Wildman–Crippen MR) is 120 cm³/mol. The Balaban J connectivity index is 1.78. The van der Waals surface area contributed by atoms with E-state index in [9.17, 15) is 9.18 Å². The van der Waals surface area contributed by atoms with E-state index in [1.807, 2.05) is 19.9 Å². The molecule has 1 saturated carbocycles. The Morgan fingerprint density at radius 3 is 2.34 bits per heavy atom. The Morgan fingerprint density at radius 2 is 1.72 bits per heavy atom. The van der Waals surface area contributed by atoms with Crippen LogP contribution in [-0.4, -0.2) is 18.0 Å². The second-order valence-electron chi connectivity index (χ2n) is 8.35. The van der Waals surface area contributed by atoms with Crippen molar-refractivity contribution in [2.24, 2.45) is 0 Å². The standard InChI is InChI=1S/C25H31FN2O/c1-16(2)27-22-11-9-19(10-12-22)23-14-17(3)20(13-18(23)4)15-24(26)25(29)28-21-7-5-6-8-21/h9-16,21,27H,5-8H2,1-4H3,(H,28,29). The highest BCUT2D eigenvalue weighted by Crippen LogP contribution is 2.29. The van der Waals surface area contributed by atoms with Crippen LogP contribution in [0.15, 0.2) is 42.2 Å². The lowest BCUT2D eigenvalue weighted by atomic mass is 9.94. The molecule has 29 heavy (non-hydrogen) atoms.